The second-order valence-electron chi connectivity index (χ2n) is 5.60. The Kier molecular flexibility index (Phi) is 16.9. The lowest BCUT2D eigenvalue weighted by Crippen LogP contribution is -1.82. The molecule has 0 bridgehead atoms. The van der Waals surface area contributed by atoms with Gasteiger partial charge in [0.2, 0.25) is 0 Å². The van der Waals surface area contributed by atoms with Gasteiger partial charge in [0.05, 0.1) is 0 Å². The third-order valence-electron chi connectivity index (χ3n) is 3.69. The van der Waals surface area contributed by atoms with Crippen LogP contribution in [0.2, 0.25) is 0 Å². The first-order valence-corrected chi connectivity index (χ1v) is 8.52. The van der Waals surface area contributed by atoms with E-state index in [1.165, 1.54) is 83.5 Å². The molecule has 0 aliphatic heterocycles. The number of hydrogen-bond acceptors (Lipinski definition) is 1. The average molecular weight is 266 g/mol. The van der Waals surface area contributed by atoms with E-state index in [1.54, 1.807) is 6.08 Å². The molecule has 0 radical (unpaired) electrons. The zero-order chi connectivity index (χ0) is 14.0. The van der Waals surface area contributed by atoms with Crippen LogP contribution in [0.3, 0.4) is 0 Å². The first-order chi connectivity index (χ1) is 9.41. The van der Waals surface area contributed by atoms with E-state index in [4.69, 9.17) is 0 Å². The van der Waals surface area contributed by atoms with Gasteiger partial charge in [-0.15, -0.1) is 0 Å². The highest BCUT2D eigenvalue weighted by Crippen LogP contribution is 2.12. The predicted molar refractivity (Wildman–Crippen MR) is 85.5 cm³/mol. The van der Waals surface area contributed by atoms with Crippen LogP contribution in [0.4, 0.5) is 0 Å². The molecule has 0 atom stereocenters. The van der Waals surface area contributed by atoms with Crippen molar-refractivity contribution in [2.24, 2.45) is 0 Å². The van der Waals surface area contributed by atoms with Crippen molar-refractivity contribution in [3.63, 3.8) is 0 Å². The van der Waals surface area contributed by atoms with Gasteiger partial charge in [0.15, 0.2) is 0 Å². The van der Waals surface area contributed by atoms with Gasteiger partial charge in [0.25, 0.3) is 0 Å². The van der Waals surface area contributed by atoms with Crippen molar-refractivity contribution in [3.8, 4) is 0 Å². The molecule has 0 aliphatic rings. The molecule has 0 saturated carbocycles. The Morgan fingerprint density at radius 1 is 0.632 bits per heavy atom. The number of unbranched alkanes of at least 4 members (excludes halogenated alkanes) is 13. The molecule has 0 heterocycles. The zero-order valence-electron chi connectivity index (χ0n) is 13.0. The molecule has 0 aromatic heterocycles. The molecule has 0 aromatic carbocycles. The summed E-state index contributed by atoms with van der Waals surface area (Å²) < 4.78 is 0. The van der Waals surface area contributed by atoms with E-state index in [0.29, 0.717) is 0 Å². The van der Waals surface area contributed by atoms with Crippen LogP contribution in [0, 0.1) is 0 Å². The largest absolute Gasteiger partial charge is 0.299 e. The summed E-state index contributed by atoms with van der Waals surface area (Å²) in [4.78, 5) is 10.1. The van der Waals surface area contributed by atoms with Crippen molar-refractivity contribution in [2.75, 3.05) is 0 Å². The number of rotatable bonds is 15. The van der Waals surface area contributed by atoms with Gasteiger partial charge in [0.1, 0.15) is 6.29 Å². The molecule has 0 aliphatic carbocycles. The molecule has 1 nitrogen and oxygen atoms in total. The number of aldehydes is 1. The molecule has 0 rings (SSSR count). The van der Waals surface area contributed by atoms with Gasteiger partial charge in [-0.1, -0.05) is 90.0 Å². The summed E-state index contributed by atoms with van der Waals surface area (Å²) in [5.74, 6) is 0. The minimum Gasteiger partial charge on any atom is -0.299 e. The van der Waals surface area contributed by atoms with Crippen LogP contribution in [0.15, 0.2) is 12.2 Å². The number of carbonyl (C=O) groups is 1. The van der Waals surface area contributed by atoms with E-state index >= 15 is 0 Å². The maximum absolute atomic E-state index is 10.1. The third kappa shape index (κ3) is 17.4. The Labute approximate surface area is 120 Å². The molecule has 0 unspecified atom stereocenters. The van der Waals surface area contributed by atoms with Crippen molar-refractivity contribution >= 4 is 6.29 Å². The van der Waals surface area contributed by atoms with E-state index in [1.807, 2.05) is 6.08 Å². The summed E-state index contributed by atoms with van der Waals surface area (Å²) in [6, 6.07) is 0. The zero-order valence-corrected chi connectivity index (χ0v) is 13.0. The number of carbonyl (C=O) groups excluding carboxylic acids is 1. The van der Waals surface area contributed by atoms with Gasteiger partial charge < -0.3 is 0 Å². The van der Waals surface area contributed by atoms with Crippen molar-refractivity contribution in [2.45, 2.75) is 96.8 Å². The lowest BCUT2D eigenvalue weighted by atomic mass is 10.0. The summed E-state index contributed by atoms with van der Waals surface area (Å²) in [5.41, 5.74) is 0. The molecule has 0 saturated heterocycles. The molecule has 0 amide bonds. The monoisotopic (exact) mass is 266 g/mol. The molecule has 19 heavy (non-hydrogen) atoms. The van der Waals surface area contributed by atoms with E-state index in [9.17, 15) is 4.79 Å². The van der Waals surface area contributed by atoms with Gasteiger partial charge in [-0.05, 0) is 18.9 Å². The number of allylic oxidation sites excluding steroid dienone is 2. The Morgan fingerprint density at radius 2 is 1.05 bits per heavy atom. The van der Waals surface area contributed by atoms with Crippen LogP contribution in [-0.2, 0) is 4.79 Å². The van der Waals surface area contributed by atoms with E-state index in [2.05, 4.69) is 6.92 Å². The van der Waals surface area contributed by atoms with E-state index in [0.717, 1.165) is 12.7 Å². The highest BCUT2D eigenvalue weighted by Gasteiger charge is 1.93. The molecular formula is C18H34O. The molecule has 1 heteroatoms. The van der Waals surface area contributed by atoms with Crippen LogP contribution in [0.25, 0.3) is 0 Å². The Hall–Kier alpha value is -0.590. The second-order valence-corrected chi connectivity index (χ2v) is 5.60. The summed E-state index contributed by atoms with van der Waals surface area (Å²) in [5, 5.41) is 0. The third-order valence-corrected chi connectivity index (χ3v) is 3.69. The molecule has 0 fully saturated rings. The predicted octanol–water partition coefficient (Wildman–Crippen LogP) is 6.22. The molecular weight excluding hydrogens is 232 g/mol. The Morgan fingerprint density at radius 3 is 1.47 bits per heavy atom. The lowest BCUT2D eigenvalue weighted by molar-refractivity contribution is -0.104. The Bertz CT molecular complexity index is 196. The van der Waals surface area contributed by atoms with E-state index < -0.39 is 0 Å². The van der Waals surface area contributed by atoms with Crippen molar-refractivity contribution < 1.29 is 4.79 Å². The van der Waals surface area contributed by atoms with Crippen LogP contribution in [0.1, 0.15) is 96.8 Å². The van der Waals surface area contributed by atoms with Gasteiger partial charge in [-0.25, -0.2) is 0 Å². The maximum atomic E-state index is 10.1. The average Bonchev–Trinajstić information content (AvgIpc) is 2.43. The van der Waals surface area contributed by atoms with Crippen molar-refractivity contribution in [3.05, 3.63) is 12.2 Å². The second kappa shape index (κ2) is 17.4. The van der Waals surface area contributed by atoms with Crippen LogP contribution >= 0.6 is 0 Å². The summed E-state index contributed by atoms with van der Waals surface area (Å²) >= 11 is 0. The van der Waals surface area contributed by atoms with Gasteiger partial charge in [-0.3, -0.25) is 4.79 Å². The Balaban J connectivity index is 2.95. The standard InChI is InChI=1S/C18H34O/c1-2-3-4-5-6-7-8-9-10-11-12-13-14-15-16-17-18-19/h16-18H,2-15H2,1H3. The summed E-state index contributed by atoms with van der Waals surface area (Å²) in [6.45, 7) is 2.28. The first kappa shape index (κ1) is 18.4. The van der Waals surface area contributed by atoms with Gasteiger partial charge in [-0.2, -0.15) is 0 Å². The molecule has 0 spiro atoms. The summed E-state index contributed by atoms with van der Waals surface area (Å²) in [7, 11) is 0. The van der Waals surface area contributed by atoms with Gasteiger partial charge >= 0.3 is 0 Å². The fraction of sp³-hybridized carbons (Fsp3) is 0.833. The minimum absolute atomic E-state index is 0.863. The molecule has 112 valence electrons. The molecule has 0 aromatic rings. The highest BCUT2D eigenvalue weighted by atomic mass is 16.1. The van der Waals surface area contributed by atoms with Crippen LogP contribution in [0.5, 0.6) is 0 Å². The lowest BCUT2D eigenvalue weighted by Gasteiger charge is -2.02. The maximum Gasteiger partial charge on any atom is 0.142 e. The molecule has 0 N–H and O–H groups in total. The SMILES string of the molecule is CCCCCCCCCCCCCCCC=CC=O. The quantitative estimate of drug-likeness (QED) is 0.195. The smallest absolute Gasteiger partial charge is 0.142 e. The number of hydrogen-bond donors (Lipinski definition) is 0. The van der Waals surface area contributed by atoms with Gasteiger partial charge in [0, 0.05) is 0 Å². The fourth-order valence-corrected chi connectivity index (χ4v) is 2.43. The van der Waals surface area contributed by atoms with Crippen LogP contribution in [-0.4, -0.2) is 6.29 Å². The highest BCUT2D eigenvalue weighted by molar-refractivity contribution is 5.64. The van der Waals surface area contributed by atoms with Crippen LogP contribution < -0.4 is 0 Å². The van der Waals surface area contributed by atoms with E-state index in [-0.39, 0.29) is 0 Å². The topological polar surface area (TPSA) is 17.1 Å². The minimum atomic E-state index is 0.863. The first-order valence-electron chi connectivity index (χ1n) is 8.52. The fourth-order valence-electron chi connectivity index (χ4n) is 2.43. The summed E-state index contributed by atoms with van der Waals surface area (Å²) in [6.07, 6.45) is 23.7. The van der Waals surface area contributed by atoms with Crippen molar-refractivity contribution in [1.82, 2.24) is 0 Å². The van der Waals surface area contributed by atoms with Crippen molar-refractivity contribution in [1.29, 1.82) is 0 Å². The normalized spacial score (nSPS) is 11.2.